The van der Waals surface area contributed by atoms with Gasteiger partial charge in [-0.2, -0.15) is 22.3 Å². The maximum Gasteiger partial charge on any atom is 2.00 e. The smallest absolute Gasteiger partial charge is 0.207 e. The predicted octanol–water partition coefficient (Wildman–Crippen LogP) is 4.01. The summed E-state index contributed by atoms with van der Waals surface area (Å²) in [6, 6.07) is 3.88. The van der Waals surface area contributed by atoms with E-state index in [2.05, 4.69) is 32.6 Å². The molecule has 2 rings (SSSR count). The summed E-state index contributed by atoms with van der Waals surface area (Å²) >= 11 is 0. The van der Waals surface area contributed by atoms with Crippen molar-refractivity contribution in [2.45, 2.75) is 58.3 Å². The predicted molar refractivity (Wildman–Crippen MR) is 70.5 cm³/mol. The molecule has 0 bridgehead atoms. The molecule has 0 atom stereocenters. The maximum atomic E-state index is 2.52. The Kier molecular flexibility index (Phi) is 4.74. The first-order valence-electron chi connectivity index (χ1n) is 6.24. The van der Waals surface area contributed by atoms with Gasteiger partial charge in [0.1, 0.15) is 0 Å². The van der Waals surface area contributed by atoms with E-state index in [1.807, 2.05) is 0 Å². The van der Waals surface area contributed by atoms with Crippen LogP contribution in [0.4, 0.5) is 0 Å². The van der Waals surface area contributed by atoms with Gasteiger partial charge in [-0.25, -0.2) is 6.07 Å². The fourth-order valence-electron chi connectivity index (χ4n) is 2.78. The van der Waals surface area contributed by atoms with Gasteiger partial charge in [0.15, 0.2) is 0 Å². The molecule has 0 heterocycles. The van der Waals surface area contributed by atoms with Crippen molar-refractivity contribution in [1.82, 2.24) is 0 Å². The number of hydrogen-bond donors (Lipinski definition) is 0. The molecule has 0 radical (unpaired) electrons. The average Bonchev–Trinajstić information content (AvgIpc) is 2.42. The van der Waals surface area contributed by atoms with Crippen LogP contribution < -0.4 is 0 Å². The van der Waals surface area contributed by atoms with E-state index in [1.54, 1.807) is 22.3 Å². The van der Waals surface area contributed by atoms with Crippen LogP contribution in [0.1, 0.15) is 35.1 Å². The van der Waals surface area contributed by atoms with Crippen molar-refractivity contribution < 1.29 is 21.7 Å². The fraction of sp³-hybridized carbons (Fsp3) is 0.643. The van der Waals surface area contributed by atoms with E-state index in [0.29, 0.717) is 0 Å². The van der Waals surface area contributed by atoms with Gasteiger partial charge in [-0.3, -0.25) is 0 Å². The Labute approximate surface area is 116 Å². The first-order valence-corrected chi connectivity index (χ1v) is 9.95. The molecule has 2 heteroatoms. The van der Waals surface area contributed by atoms with E-state index >= 15 is 0 Å². The van der Waals surface area contributed by atoms with Gasteiger partial charge in [-0.05, 0) is 0 Å². The standard InChI is InChI=1S/C14H23Si.Ti/c1-11-13(10-15(2,3)4)9-12-7-5-6-8-14(11)12;/h9H,5-8,10H2,1-4H3;/q-1;+2. The molecule has 0 nitrogen and oxygen atoms in total. The summed E-state index contributed by atoms with van der Waals surface area (Å²) in [6.07, 6.45) is 5.49. The van der Waals surface area contributed by atoms with Crippen molar-refractivity contribution in [1.29, 1.82) is 0 Å². The molecule has 0 saturated carbocycles. The molecule has 0 aliphatic heterocycles. The van der Waals surface area contributed by atoms with Gasteiger partial charge in [0, 0.05) is 8.07 Å². The van der Waals surface area contributed by atoms with Crippen LogP contribution in [0.25, 0.3) is 0 Å². The maximum absolute atomic E-state index is 2.52. The number of fused-ring (bicyclic) bond motifs is 1. The summed E-state index contributed by atoms with van der Waals surface area (Å²) in [7, 11) is -0.944. The van der Waals surface area contributed by atoms with Crippen molar-refractivity contribution in [3.05, 3.63) is 28.3 Å². The monoisotopic (exact) mass is 267 g/mol. The molecule has 0 N–H and O–H groups in total. The Balaban J connectivity index is 0.00000128. The minimum absolute atomic E-state index is 0. The van der Waals surface area contributed by atoms with Crippen molar-refractivity contribution in [3.8, 4) is 0 Å². The van der Waals surface area contributed by atoms with E-state index in [9.17, 15) is 0 Å². The van der Waals surface area contributed by atoms with E-state index in [0.717, 1.165) is 0 Å². The van der Waals surface area contributed by atoms with Crippen LogP contribution in [0.2, 0.25) is 19.6 Å². The normalized spacial score (nSPS) is 15.5. The summed E-state index contributed by atoms with van der Waals surface area (Å²) in [4.78, 5) is 0. The molecule has 1 aromatic carbocycles. The van der Waals surface area contributed by atoms with Gasteiger partial charge in [0.25, 0.3) is 0 Å². The van der Waals surface area contributed by atoms with Crippen molar-refractivity contribution >= 4 is 8.07 Å². The molecule has 16 heavy (non-hydrogen) atoms. The zero-order valence-corrected chi connectivity index (χ0v) is 13.7. The summed E-state index contributed by atoms with van der Waals surface area (Å²) in [5.41, 5.74) is 6.68. The van der Waals surface area contributed by atoms with Gasteiger partial charge in [0.2, 0.25) is 0 Å². The molecule has 0 unspecified atom stereocenters. The quantitative estimate of drug-likeness (QED) is 0.561. The molecular weight excluding hydrogens is 244 g/mol. The third kappa shape index (κ3) is 3.15. The van der Waals surface area contributed by atoms with E-state index in [-0.39, 0.29) is 21.7 Å². The van der Waals surface area contributed by atoms with Crippen molar-refractivity contribution in [2.24, 2.45) is 0 Å². The molecule has 0 amide bonds. The Morgan fingerprint density at radius 2 is 1.81 bits per heavy atom. The van der Waals surface area contributed by atoms with Crippen LogP contribution in [0.15, 0.2) is 6.07 Å². The average molecular weight is 267 g/mol. The molecule has 1 aliphatic rings. The largest absolute Gasteiger partial charge is 2.00 e. The first kappa shape index (κ1) is 14.3. The minimum atomic E-state index is -0.944. The third-order valence-electron chi connectivity index (χ3n) is 3.51. The summed E-state index contributed by atoms with van der Waals surface area (Å²) in [5, 5.41) is 0. The second-order valence-corrected chi connectivity index (χ2v) is 11.7. The van der Waals surface area contributed by atoms with Gasteiger partial charge in [-0.15, -0.1) is 0 Å². The minimum Gasteiger partial charge on any atom is -0.207 e. The Morgan fingerprint density at radius 3 is 2.38 bits per heavy atom. The summed E-state index contributed by atoms with van der Waals surface area (Å²) in [5.74, 6) is 0. The molecule has 86 valence electrons. The van der Waals surface area contributed by atoms with Gasteiger partial charge in [0.05, 0.1) is 0 Å². The SMILES string of the molecule is C[c-]1c(C[Si](C)(C)C)cc2c1CCCC2.[Ti+2]. The summed E-state index contributed by atoms with van der Waals surface area (Å²) in [6.45, 7) is 9.76. The van der Waals surface area contributed by atoms with Crippen LogP contribution in [-0.4, -0.2) is 8.07 Å². The Morgan fingerprint density at radius 1 is 1.19 bits per heavy atom. The first-order chi connectivity index (χ1) is 6.97. The molecule has 1 aromatic rings. The molecule has 1 aliphatic carbocycles. The fourth-order valence-corrected chi connectivity index (χ4v) is 4.29. The van der Waals surface area contributed by atoms with Crippen molar-refractivity contribution in [2.75, 3.05) is 0 Å². The number of aryl methyl sites for hydroxylation is 1. The van der Waals surface area contributed by atoms with E-state index in [1.165, 1.54) is 31.7 Å². The Bertz CT molecular complexity index is 358. The van der Waals surface area contributed by atoms with Crippen LogP contribution in [-0.2, 0) is 40.6 Å². The van der Waals surface area contributed by atoms with E-state index in [4.69, 9.17) is 0 Å². The summed E-state index contributed by atoms with van der Waals surface area (Å²) < 4.78 is 0. The van der Waals surface area contributed by atoms with Gasteiger partial charge in [-0.1, -0.05) is 58.3 Å². The van der Waals surface area contributed by atoms with Crippen molar-refractivity contribution in [3.63, 3.8) is 0 Å². The molecule has 0 spiro atoms. The molecular formula is C14H23SiTi+. The topological polar surface area (TPSA) is 0 Å². The zero-order chi connectivity index (χ0) is 11.1. The van der Waals surface area contributed by atoms with E-state index < -0.39 is 8.07 Å². The van der Waals surface area contributed by atoms with Crippen LogP contribution >= 0.6 is 0 Å². The molecule has 0 fully saturated rings. The number of rotatable bonds is 2. The van der Waals surface area contributed by atoms with Crippen LogP contribution in [0.5, 0.6) is 0 Å². The van der Waals surface area contributed by atoms with Crippen LogP contribution in [0, 0.1) is 6.92 Å². The second-order valence-electron chi connectivity index (χ2n) is 6.24. The third-order valence-corrected chi connectivity index (χ3v) is 4.96. The number of hydrogen-bond acceptors (Lipinski definition) is 0. The zero-order valence-electron chi connectivity index (χ0n) is 11.1. The van der Waals surface area contributed by atoms with Gasteiger partial charge >= 0.3 is 21.7 Å². The second kappa shape index (κ2) is 5.29. The Hall–Kier alpha value is 0.281. The van der Waals surface area contributed by atoms with Gasteiger partial charge < -0.3 is 0 Å². The molecule has 0 saturated heterocycles. The molecule has 0 aromatic heterocycles. The van der Waals surface area contributed by atoms with Crippen LogP contribution in [0.3, 0.4) is 0 Å².